The first-order valence-corrected chi connectivity index (χ1v) is 12.6. The van der Waals surface area contributed by atoms with Crippen molar-refractivity contribution < 1.29 is 14.7 Å². The van der Waals surface area contributed by atoms with E-state index in [0.29, 0.717) is 23.7 Å². The minimum absolute atomic E-state index is 0.0189. The highest BCUT2D eigenvalue weighted by molar-refractivity contribution is 8.00. The summed E-state index contributed by atoms with van der Waals surface area (Å²) in [5.41, 5.74) is 4.11. The maximum atomic E-state index is 12.8. The molecule has 0 saturated heterocycles. The molecule has 0 radical (unpaired) electrons. The Morgan fingerprint density at radius 1 is 1.23 bits per heavy atom. The van der Waals surface area contributed by atoms with Crippen LogP contribution in [0.25, 0.3) is 5.69 Å². The Morgan fingerprint density at radius 2 is 2.09 bits per heavy atom. The van der Waals surface area contributed by atoms with Gasteiger partial charge in [0.15, 0.2) is 4.34 Å². The zero-order chi connectivity index (χ0) is 24.8. The second-order valence-electron chi connectivity index (χ2n) is 7.84. The van der Waals surface area contributed by atoms with Crippen molar-refractivity contribution in [3.05, 3.63) is 64.9 Å². The summed E-state index contributed by atoms with van der Waals surface area (Å²) in [7, 11) is 1.70. The summed E-state index contributed by atoms with van der Waals surface area (Å²) in [5, 5.41) is 25.3. The average molecular weight is 513 g/mol. The van der Waals surface area contributed by atoms with Gasteiger partial charge in [-0.2, -0.15) is 0 Å². The standard InChI is InChI=1S/C22H24N8O3S2/c1-15-11-18(29-10-7-23-14-29)4-3-16(15)13-34-22-26-25-20(35-22)21(33)28(2)8-5-17-12-30(27-24-17)9-6-19(31)32/h3-4,7,10-12,14H,5-6,8-9,13H2,1-2H3,(H,31,32). The van der Waals surface area contributed by atoms with Crippen LogP contribution in [0.4, 0.5) is 0 Å². The lowest BCUT2D eigenvalue weighted by atomic mass is 10.1. The lowest BCUT2D eigenvalue weighted by Gasteiger charge is -2.14. The van der Waals surface area contributed by atoms with Crippen molar-refractivity contribution in [2.45, 2.75) is 36.4 Å². The van der Waals surface area contributed by atoms with E-state index < -0.39 is 5.97 Å². The van der Waals surface area contributed by atoms with Crippen LogP contribution < -0.4 is 0 Å². The van der Waals surface area contributed by atoms with Crippen molar-refractivity contribution in [1.29, 1.82) is 0 Å². The number of aryl methyl sites for hydroxylation is 2. The first kappa shape index (κ1) is 24.5. The van der Waals surface area contributed by atoms with E-state index in [1.54, 1.807) is 42.4 Å². The Kier molecular flexibility index (Phi) is 7.87. The summed E-state index contributed by atoms with van der Waals surface area (Å²) in [6.07, 6.45) is 7.61. The largest absolute Gasteiger partial charge is 0.481 e. The Balaban J connectivity index is 1.28. The highest BCUT2D eigenvalue weighted by atomic mass is 32.2. The summed E-state index contributed by atoms with van der Waals surface area (Å²) < 4.78 is 4.19. The third-order valence-electron chi connectivity index (χ3n) is 5.26. The van der Waals surface area contributed by atoms with Crippen LogP contribution >= 0.6 is 23.1 Å². The van der Waals surface area contributed by atoms with Gasteiger partial charge < -0.3 is 14.6 Å². The number of carboxylic acid groups (broad SMARTS) is 1. The van der Waals surface area contributed by atoms with E-state index in [2.05, 4.69) is 50.6 Å². The molecule has 4 aromatic rings. The number of carbonyl (C=O) groups is 2. The van der Waals surface area contributed by atoms with Crippen LogP contribution in [0.2, 0.25) is 0 Å². The number of amides is 1. The quantitative estimate of drug-likeness (QED) is 0.301. The summed E-state index contributed by atoms with van der Waals surface area (Å²) in [5.74, 6) is -0.360. The molecule has 0 saturated carbocycles. The molecule has 35 heavy (non-hydrogen) atoms. The molecule has 0 atom stereocenters. The Morgan fingerprint density at radius 3 is 2.83 bits per heavy atom. The van der Waals surface area contributed by atoms with E-state index in [4.69, 9.17) is 5.11 Å². The maximum absolute atomic E-state index is 12.8. The van der Waals surface area contributed by atoms with E-state index in [9.17, 15) is 9.59 Å². The Hall–Kier alpha value is -3.58. The number of rotatable bonds is 11. The fourth-order valence-corrected chi connectivity index (χ4v) is 5.15. The summed E-state index contributed by atoms with van der Waals surface area (Å²) in [6, 6.07) is 6.27. The zero-order valence-electron chi connectivity index (χ0n) is 19.2. The number of hydrogen-bond donors (Lipinski definition) is 1. The van der Waals surface area contributed by atoms with Gasteiger partial charge in [-0.25, -0.2) is 4.98 Å². The smallest absolute Gasteiger partial charge is 0.305 e. The number of thioether (sulfide) groups is 1. The lowest BCUT2D eigenvalue weighted by Crippen LogP contribution is -2.28. The number of carbonyl (C=O) groups excluding carboxylic acids is 1. The van der Waals surface area contributed by atoms with Crippen LogP contribution in [-0.2, 0) is 23.5 Å². The summed E-state index contributed by atoms with van der Waals surface area (Å²) in [4.78, 5) is 29.1. The molecule has 1 amide bonds. The van der Waals surface area contributed by atoms with Crippen molar-refractivity contribution >= 4 is 35.0 Å². The van der Waals surface area contributed by atoms with E-state index in [1.807, 2.05) is 10.8 Å². The molecule has 0 aliphatic rings. The molecule has 0 bridgehead atoms. The minimum atomic E-state index is -0.888. The molecule has 3 heterocycles. The monoisotopic (exact) mass is 512 g/mol. The van der Waals surface area contributed by atoms with Gasteiger partial charge in [-0.05, 0) is 30.2 Å². The fourth-order valence-electron chi connectivity index (χ4n) is 3.23. The third-order valence-corrected chi connectivity index (χ3v) is 7.35. The number of aliphatic carboxylic acids is 1. The molecule has 0 unspecified atom stereocenters. The van der Waals surface area contributed by atoms with Gasteiger partial charge in [0, 0.05) is 50.0 Å². The second-order valence-corrected chi connectivity index (χ2v) is 10.0. The highest BCUT2D eigenvalue weighted by Crippen LogP contribution is 2.28. The molecule has 1 N–H and O–H groups in total. The normalized spacial score (nSPS) is 11.0. The minimum Gasteiger partial charge on any atom is -0.481 e. The lowest BCUT2D eigenvalue weighted by molar-refractivity contribution is -0.137. The van der Waals surface area contributed by atoms with Gasteiger partial charge in [-0.1, -0.05) is 34.4 Å². The van der Waals surface area contributed by atoms with Gasteiger partial charge >= 0.3 is 5.97 Å². The van der Waals surface area contributed by atoms with Crippen molar-refractivity contribution in [1.82, 2.24) is 39.6 Å². The number of aromatic nitrogens is 7. The number of imidazole rings is 1. The summed E-state index contributed by atoms with van der Waals surface area (Å²) in [6.45, 7) is 2.77. The highest BCUT2D eigenvalue weighted by Gasteiger charge is 2.18. The van der Waals surface area contributed by atoms with E-state index in [1.165, 1.54) is 27.1 Å². The van der Waals surface area contributed by atoms with Gasteiger partial charge in [0.1, 0.15) is 0 Å². The molecule has 3 aromatic heterocycles. The molecule has 0 aliphatic heterocycles. The van der Waals surface area contributed by atoms with Crippen molar-refractivity contribution in [2.24, 2.45) is 0 Å². The second kappa shape index (κ2) is 11.2. The topological polar surface area (TPSA) is 132 Å². The van der Waals surface area contributed by atoms with Gasteiger partial charge in [0.25, 0.3) is 5.91 Å². The molecule has 0 aliphatic carbocycles. The fraction of sp³-hybridized carbons (Fsp3) is 0.318. The van der Waals surface area contributed by atoms with Crippen molar-refractivity contribution in [3.63, 3.8) is 0 Å². The molecule has 1 aromatic carbocycles. The van der Waals surface area contributed by atoms with Crippen molar-refractivity contribution in [3.8, 4) is 5.69 Å². The van der Waals surface area contributed by atoms with Crippen LogP contribution in [-0.4, -0.2) is 70.2 Å². The predicted molar refractivity (Wildman–Crippen MR) is 131 cm³/mol. The van der Waals surface area contributed by atoms with Crippen LogP contribution in [0.1, 0.15) is 33.0 Å². The molecule has 4 rings (SSSR count). The molecule has 182 valence electrons. The summed E-state index contributed by atoms with van der Waals surface area (Å²) >= 11 is 2.83. The first-order chi connectivity index (χ1) is 16.9. The SMILES string of the molecule is Cc1cc(-n2ccnc2)ccc1CSc1nnc(C(=O)N(C)CCc2cn(CCC(=O)O)nn2)s1. The maximum Gasteiger partial charge on any atom is 0.305 e. The van der Waals surface area contributed by atoms with Crippen LogP contribution in [0.15, 0.2) is 47.5 Å². The third kappa shape index (κ3) is 6.51. The molecule has 13 heteroatoms. The van der Waals surface area contributed by atoms with Gasteiger partial charge in [0.05, 0.1) is 25.0 Å². The van der Waals surface area contributed by atoms with Gasteiger partial charge in [-0.15, -0.1) is 15.3 Å². The molecular formula is C22H24N8O3S2. The average Bonchev–Trinajstić information content (AvgIpc) is 3.62. The van der Waals surface area contributed by atoms with Crippen LogP contribution in [0.3, 0.4) is 0 Å². The first-order valence-electron chi connectivity index (χ1n) is 10.8. The van der Waals surface area contributed by atoms with Crippen LogP contribution in [0.5, 0.6) is 0 Å². The van der Waals surface area contributed by atoms with E-state index in [-0.39, 0.29) is 18.9 Å². The van der Waals surface area contributed by atoms with Gasteiger partial charge in [0.2, 0.25) is 5.01 Å². The zero-order valence-corrected chi connectivity index (χ0v) is 20.9. The van der Waals surface area contributed by atoms with E-state index >= 15 is 0 Å². The number of nitrogens with zero attached hydrogens (tertiary/aromatic N) is 8. The van der Waals surface area contributed by atoms with E-state index in [0.717, 1.165) is 15.8 Å². The van der Waals surface area contributed by atoms with Crippen LogP contribution in [0, 0.1) is 6.92 Å². The Labute approximate surface area is 209 Å². The number of likely N-dealkylation sites (N-methyl/N-ethyl adjacent to an activating group) is 1. The molecule has 0 fully saturated rings. The molecule has 11 nitrogen and oxygen atoms in total. The molecule has 0 spiro atoms. The van der Waals surface area contributed by atoms with Crippen molar-refractivity contribution in [2.75, 3.05) is 13.6 Å². The predicted octanol–water partition coefficient (Wildman–Crippen LogP) is 2.71. The number of benzene rings is 1. The molecular weight excluding hydrogens is 488 g/mol. The van der Waals surface area contributed by atoms with Gasteiger partial charge in [-0.3, -0.25) is 14.3 Å². The number of hydrogen-bond acceptors (Lipinski definition) is 9. The number of carboxylic acids is 1. The Bertz CT molecular complexity index is 1300.